The third kappa shape index (κ3) is 2.64. The van der Waals surface area contributed by atoms with Crippen LogP contribution in [0.5, 0.6) is 0 Å². The lowest BCUT2D eigenvalue weighted by molar-refractivity contribution is -0.128. The van der Waals surface area contributed by atoms with Crippen molar-refractivity contribution in [3.05, 3.63) is 11.1 Å². The molecule has 1 amide bonds. The summed E-state index contributed by atoms with van der Waals surface area (Å²) in [7, 11) is 0. The van der Waals surface area contributed by atoms with E-state index in [0.717, 1.165) is 5.69 Å². The Kier molecular flexibility index (Phi) is 3.40. The monoisotopic (exact) mass is 277 g/mol. The third-order valence-corrected chi connectivity index (χ3v) is 4.29. The van der Waals surface area contributed by atoms with Crippen molar-refractivity contribution in [1.82, 2.24) is 4.98 Å². The second kappa shape index (κ2) is 4.61. The van der Waals surface area contributed by atoms with Gasteiger partial charge in [0.1, 0.15) is 5.41 Å². The predicted octanol–water partition coefficient (Wildman–Crippen LogP) is 3.32. The number of nitriles is 1. The average molecular weight is 277 g/mol. The lowest BCUT2D eigenvalue weighted by Crippen LogP contribution is -2.45. The van der Waals surface area contributed by atoms with Gasteiger partial charge < -0.3 is 5.32 Å². The maximum absolute atomic E-state index is 12.2. The van der Waals surface area contributed by atoms with Crippen molar-refractivity contribution in [3.63, 3.8) is 0 Å². The summed E-state index contributed by atoms with van der Waals surface area (Å²) in [4.78, 5) is 16.6. The van der Waals surface area contributed by atoms with E-state index in [0.29, 0.717) is 23.9 Å². The molecule has 1 aliphatic carbocycles. The van der Waals surface area contributed by atoms with Crippen LogP contribution in [-0.4, -0.2) is 10.9 Å². The molecule has 1 aromatic rings. The second-order valence-electron chi connectivity index (χ2n) is 6.45. The van der Waals surface area contributed by atoms with E-state index in [4.69, 9.17) is 0 Å². The third-order valence-electron chi connectivity index (χ3n) is 3.54. The van der Waals surface area contributed by atoms with Crippen LogP contribution in [0.2, 0.25) is 0 Å². The number of hydrogen-bond acceptors (Lipinski definition) is 4. The summed E-state index contributed by atoms with van der Waals surface area (Å²) in [5, 5.41) is 14.5. The van der Waals surface area contributed by atoms with E-state index in [2.05, 4.69) is 44.1 Å². The number of carbonyl (C=O) groups is 1. The molecule has 0 bridgehead atoms. The fourth-order valence-corrected chi connectivity index (χ4v) is 3.28. The summed E-state index contributed by atoms with van der Waals surface area (Å²) in [6, 6.07) is 2.17. The zero-order valence-electron chi connectivity index (χ0n) is 11.8. The fraction of sp³-hybridized carbons (Fsp3) is 0.643. The van der Waals surface area contributed by atoms with Crippen LogP contribution in [0.1, 0.15) is 46.2 Å². The first-order valence-corrected chi connectivity index (χ1v) is 7.33. The van der Waals surface area contributed by atoms with Crippen molar-refractivity contribution >= 4 is 22.4 Å². The number of nitrogens with zero attached hydrogens (tertiary/aromatic N) is 2. The number of nitrogens with one attached hydrogen (secondary N) is 1. The predicted molar refractivity (Wildman–Crippen MR) is 75.9 cm³/mol. The van der Waals surface area contributed by atoms with E-state index in [1.54, 1.807) is 0 Å². The van der Waals surface area contributed by atoms with E-state index >= 15 is 0 Å². The van der Waals surface area contributed by atoms with Crippen LogP contribution < -0.4 is 5.32 Å². The lowest BCUT2D eigenvalue weighted by Gasteiger charge is -2.38. The number of hydrogen-bond donors (Lipinski definition) is 1. The van der Waals surface area contributed by atoms with Crippen molar-refractivity contribution in [1.29, 1.82) is 5.26 Å². The van der Waals surface area contributed by atoms with Crippen LogP contribution in [0.4, 0.5) is 5.13 Å². The number of anilines is 1. The highest BCUT2D eigenvalue weighted by Gasteiger charge is 2.49. The molecular formula is C14H19N3OS. The number of rotatable bonds is 2. The van der Waals surface area contributed by atoms with Gasteiger partial charge >= 0.3 is 0 Å². The summed E-state index contributed by atoms with van der Waals surface area (Å²) in [6.07, 6.45) is 1.29. The van der Waals surface area contributed by atoms with Crippen molar-refractivity contribution in [3.8, 4) is 6.07 Å². The zero-order valence-corrected chi connectivity index (χ0v) is 12.6. The molecular weight excluding hydrogens is 258 g/mol. The van der Waals surface area contributed by atoms with Gasteiger partial charge in [-0.1, -0.05) is 27.7 Å². The first-order chi connectivity index (χ1) is 8.77. The molecule has 0 aliphatic heterocycles. The molecule has 1 aromatic heterocycles. The first kappa shape index (κ1) is 14.0. The average Bonchev–Trinajstić information content (AvgIpc) is 2.72. The fourth-order valence-electron chi connectivity index (χ4n) is 2.35. The molecule has 1 fully saturated rings. The van der Waals surface area contributed by atoms with Crippen LogP contribution in [0, 0.1) is 22.7 Å². The molecule has 0 aromatic carbocycles. The molecule has 0 atom stereocenters. The van der Waals surface area contributed by atoms with Gasteiger partial charge in [0.05, 0.1) is 11.8 Å². The van der Waals surface area contributed by atoms with E-state index < -0.39 is 5.41 Å². The molecule has 1 saturated carbocycles. The summed E-state index contributed by atoms with van der Waals surface area (Å²) in [5.41, 5.74) is 0.0884. The van der Waals surface area contributed by atoms with Crippen molar-refractivity contribution in [2.24, 2.45) is 11.3 Å². The van der Waals surface area contributed by atoms with Gasteiger partial charge in [-0.15, -0.1) is 11.3 Å². The van der Waals surface area contributed by atoms with Gasteiger partial charge in [-0.25, -0.2) is 4.98 Å². The Morgan fingerprint density at radius 2 is 2.21 bits per heavy atom. The molecule has 1 N–H and O–H groups in total. The standard InChI is InChI=1S/C14H19N3OS/c1-9-5-14(6-9,8-15)11(18)17-12-16-10(7-19-12)13(2,3)4/h7,9H,5-6H2,1-4H3,(H,16,17,18). The number of aromatic nitrogens is 1. The molecule has 1 heterocycles. The second-order valence-corrected chi connectivity index (χ2v) is 7.31. The number of carbonyl (C=O) groups excluding carboxylic acids is 1. The molecule has 1 aliphatic rings. The number of thiazole rings is 1. The van der Waals surface area contributed by atoms with Crippen LogP contribution in [0.15, 0.2) is 5.38 Å². The topological polar surface area (TPSA) is 65.8 Å². The minimum atomic E-state index is -0.840. The lowest BCUT2D eigenvalue weighted by atomic mass is 9.63. The Morgan fingerprint density at radius 3 is 2.63 bits per heavy atom. The van der Waals surface area contributed by atoms with E-state index in [9.17, 15) is 10.1 Å². The van der Waals surface area contributed by atoms with Gasteiger partial charge in [-0.05, 0) is 18.8 Å². The van der Waals surface area contributed by atoms with Crippen LogP contribution >= 0.6 is 11.3 Å². The minimum Gasteiger partial charge on any atom is -0.301 e. The van der Waals surface area contributed by atoms with Gasteiger partial charge in [-0.2, -0.15) is 5.26 Å². The van der Waals surface area contributed by atoms with Crippen LogP contribution in [0.25, 0.3) is 0 Å². The summed E-state index contributed by atoms with van der Waals surface area (Å²) in [5.74, 6) is 0.245. The Bertz CT molecular complexity index is 530. The summed E-state index contributed by atoms with van der Waals surface area (Å²) in [6.45, 7) is 8.30. The Morgan fingerprint density at radius 1 is 1.58 bits per heavy atom. The largest absolute Gasteiger partial charge is 0.301 e. The van der Waals surface area contributed by atoms with Crippen LogP contribution in [-0.2, 0) is 10.2 Å². The van der Waals surface area contributed by atoms with Gasteiger partial charge in [0, 0.05) is 10.8 Å². The van der Waals surface area contributed by atoms with Gasteiger partial charge in [-0.3, -0.25) is 4.79 Å². The Labute approximate surface area is 117 Å². The van der Waals surface area contributed by atoms with Crippen molar-refractivity contribution in [2.45, 2.75) is 46.0 Å². The first-order valence-electron chi connectivity index (χ1n) is 6.45. The van der Waals surface area contributed by atoms with E-state index in [-0.39, 0.29) is 11.3 Å². The van der Waals surface area contributed by atoms with E-state index in [1.807, 2.05) is 5.38 Å². The molecule has 4 nitrogen and oxygen atoms in total. The number of amides is 1. The highest BCUT2D eigenvalue weighted by molar-refractivity contribution is 7.14. The Hall–Kier alpha value is -1.41. The maximum atomic E-state index is 12.2. The molecule has 2 rings (SSSR count). The molecule has 0 radical (unpaired) electrons. The molecule has 0 saturated heterocycles. The molecule has 19 heavy (non-hydrogen) atoms. The normalized spacial score (nSPS) is 26.4. The highest BCUT2D eigenvalue weighted by atomic mass is 32.1. The van der Waals surface area contributed by atoms with Gasteiger partial charge in [0.2, 0.25) is 5.91 Å². The molecule has 0 spiro atoms. The van der Waals surface area contributed by atoms with Crippen LogP contribution in [0.3, 0.4) is 0 Å². The van der Waals surface area contributed by atoms with Gasteiger partial charge in [0.25, 0.3) is 0 Å². The zero-order chi connectivity index (χ0) is 14.3. The smallest absolute Gasteiger partial charge is 0.246 e. The van der Waals surface area contributed by atoms with Gasteiger partial charge in [0.15, 0.2) is 5.13 Å². The highest BCUT2D eigenvalue weighted by Crippen LogP contribution is 2.45. The Balaban J connectivity index is 2.08. The van der Waals surface area contributed by atoms with Crippen molar-refractivity contribution in [2.75, 3.05) is 5.32 Å². The van der Waals surface area contributed by atoms with Crippen molar-refractivity contribution < 1.29 is 4.79 Å². The van der Waals surface area contributed by atoms with E-state index in [1.165, 1.54) is 11.3 Å². The summed E-state index contributed by atoms with van der Waals surface area (Å²) < 4.78 is 0. The maximum Gasteiger partial charge on any atom is 0.246 e. The molecule has 102 valence electrons. The summed E-state index contributed by atoms with van der Waals surface area (Å²) >= 11 is 1.41. The SMILES string of the molecule is CC1CC(C#N)(C(=O)Nc2nc(C(C)(C)C)cs2)C1. The molecule has 0 unspecified atom stereocenters. The minimum absolute atomic E-state index is 0.0304. The quantitative estimate of drug-likeness (QED) is 0.901. The molecule has 5 heteroatoms.